The Bertz CT molecular complexity index is 772. The number of carbonyl (C=O) groups excluding carboxylic acids is 1. The Balaban J connectivity index is 1.52. The van der Waals surface area contributed by atoms with Crippen LogP contribution in [0.2, 0.25) is 0 Å². The third kappa shape index (κ3) is 4.78. The van der Waals surface area contributed by atoms with Crippen molar-refractivity contribution >= 4 is 11.9 Å². The Morgan fingerprint density at radius 1 is 1.11 bits per heavy atom. The van der Waals surface area contributed by atoms with Crippen molar-refractivity contribution in [1.29, 1.82) is 0 Å². The molecule has 1 amide bonds. The van der Waals surface area contributed by atoms with Crippen LogP contribution in [0.25, 0.3) is 0 Å². The van der Waals surface area contributed by atoms with Crippen LogP contribution in [0.1, 0.15) is 43.6 Å². The molecule has 0 radical (unpaired) electrons. The molecule has 2 aromatic rings. The Kier molecular flexibility index (Phi) is 6.32. The molecule has 27 heavy (non-hydrogen) atoms. The maximum Gasteiger partial charge on any atom is 0.245 e. The van der Waals surface area contributed by atoms with Crippen molar-refractivity contribution in [3.63, 3.8) is 0 Å². The molecule has 1 aromatic heterocycles. The fourth-order valence-corrected chi connectivity index (χ4v) is 3.34. The number of amides is 1. The van der Waals surface area contributed by atoms with E-state index < -0.39 is 0 Å². The van der Waals surface area contributed by atoms with E-state index >= 15 is 0 Å². The van der Waals surface area contributed by atoms with Crippen LogP contribution in [0, 0.1) is 11.7 Å². The summed E-state index contributed by atoms with van der Waals surface area (Å²) in [5.74, 6) is 0.422. The summed E-state index contributed by atoms with van der Waals surface area (Å²) in [7, 11) is 0. The number of nitrogens with one attached hydrogen (secondary N) is 1. The maximum absolute atomic E-state index is 12.9. The predicted octanol–water partition coefficient (Wildman–Crippen LogP) is 2.67. The van der Waals surface area contributed by atoms with Gasteiger partial charge in [-0.2, -0.15) is 5.10 Å². The van der Waals surface area contributed by atoms with Gasteiger partial charge in [0, 0.05) is 25.6 Å². The van der Waals surface area contributed by atoms with Gasteiger partial charge in [-0.1, -0.05) is 26.0 Å². The Labute approximate surface area is 159 Å². The Morgan fingerprint density at radius 2 is 1.78 bits per heavy atom. The van der Waals surface area contributed by atoms with Crippen molar-refractivity contribution in [3.05, 3.63) is 47.0 Å². The number of benzene rings is 1. The van der Waals surface area contributed by atoms with Gasteiger partial charge in [-0.25, -0.2) is 9.37 Å². The monoisotopic (exact) mass is 371 g/mol. The summed E-state index contributed by atoms with van der Waals surface area (Å²) < 4.78 is 12.9. The minimum absolute atomic E-state index is 0.0183. The van der Waals surface area contributed by atoms with Crippen LogP contribution in [0.4, 0.5) is 10.3 Å². The van der Waals surface area contributed by atoms with Crippen molar-refractivity contribution in [2.24, 2.45) is 5.92 Å². The van der Waals surface area contributed by atoms with Gasteiger partial charge in [0.1, 0.15) is 5.82 Å². The molecule has 0 spiro atoms. The molecule has 0 atom stereocenters. The number of rotatable bonds is 6. The smallest absolute Gasteiger partial charge is 0.245 e. The molecule has 1 aliphatic heterocycles. The summed E-state index contributed by atoms with van der Waals surface area (Å²) in [6, 6.07) is 6.19. The van der Waals surface area contributed by atoms with Crippen LogP contribution in [-0.4, -0.2) is 34.2 Å². The fraction of sp³-hybridized carbons (Fsp3) is 0.500. The molecule has 0 saturated carbocycles. The standard InChI is InChI=1S/C20H26FN5O/c1-3-17-18(4-2)24-25-20(23-17)26-11-9-15(10-12-26)19(27)22-13-14-5-7-16(21)8-6-14/h5-8,15H,3-4,9-13H2,1-2H3,(H,22,27). The van der Waals surface area contributed by atoms with Crippen molar-refractivity contribution in [1.82, 2.24) is 20.5 Å². The molecule has 7 heteroatoms. The number of anilines is 1. The van der Waals surface area contributed by atoms with E-state index in [0.717, 1.165) is 55.7 Å². The number of nitrogens with zero attached hydrogens (tertiary/aromatic N) is 4. The molecule has 1 fully saturated rings. The number of piperidine rings is 1. The summed E-state index contributed by atoms with van der Waals surface area (Å²) in [5.41, 5.74) is 2.85. The number of hydrogen-bond acceptors (Lipinski definition) is 5. The topological polar surface area (TPSA) is 71.0 Å². The Morgan fingerprint density at radius 3 is 2.41 bits per heavy atom. The molecule has 144 valence electrons. The minimum Gasteiger partial charge on any atom is -0.352 e. The van der Waals surface area contributed by atoms with Gasteiger partial charge in [-0.05, 0) is 43.4 Å². The highest BCUT2D eigenvalue weighted by Gasteiger charge is 2.26. The van der Waals surface area contributed by atoms with Gasteiger partial charge >= 0.3 is 0 Å². The van der Waals surface area contributed by atoms with E-state index in [1.54, 1.807) is 12.1 Å². The van der Waals surface area contributed by atoms with Crippen molar-refractivity contribution in [2.45, 2.75) is 46.1 Å². The maximum atomic E-state index is 12.9. The van der Waals surface area contributed by atoms with Gasteiger partial charge in [0.25, 0.3) is 0 Å². The second-order valence-electron chi connectivity index (χ2n) is 6.82. The molecule has 0 bridgehead atoms. The van der Waals surface area contributed by atoms with Gasteiger partial charge in [0.15, 0.2) is 0 Å². The second-order valence-corrected chi connectivity index (χ2v) is 6.82. The van der Waals surface area contributed by atoms with Gasteiger partial charge in [-0.15, -0.1) is 5.10 Å². The third-order valence-electron chi connectivity index (χ3n) is 5.03. The van der Waals surface area contributed by atoms with Gasteiger partial charge in [-0.3, -0.25) is 4.79 Å². The van der Waals surface area contributed by atoms with Gasteiger partial charge in [0.2, 0.25) is 11.9 Å². The van der Waals surface area contributed by atoms with Crippen LogP contribution in [0.15, 0.2) is 24.3 Å². The summed E-state index contributed by atoms with van der Waals surface area (Å²) in [5, 5.41) is 11.5. The number of halogens is 1. The summed E-state index contributed by atoms with van der Waals surface area (Å²) in [6.45, 7) is 6.03. The lowest BCUT2D eigenvalue weighted by molar-refractivity contribution is -0.125. The van der Waals surface area contributed by atoms with Crippen LogP contribution in [0.5, 0.6) is 0 Å². The van der Waals surface area contributed by atoms with E-state index in [4.69, 9.17) is 0 Å². The first-order chi connectivity index (χ1) is 13.1. The zero-order valence-electron chi connectivity index (χ0n) is 15.9. The van der Waals surface area contributed by atoms with E-state index in [0.29, 0.717) is 12.5 Å². The molecule has 1 aromatic carbocycles. The average Bonchev–Trinajstić information content (AvgIpc) is 2.72. The highest BCUT2D eigenvalue weighted by Crippen LogP contribution is 2.21. The van der Waals surface area contributed by atoms with E-state index in [-0.39, 0.29) is 17.6 Å². The number of hydrogen-bond donors (Lipinski definition) is 1. The van der Waals surface area contributed by atoms with E-state index in [2.05, 4.69) is 39.2 Å². The summed E-state index contributed by atoms with van der Waals surface area (Å²) in [4.78, 5) is 19.2. The first-order valence-electron chi connectivity index (χ1n) is 9.60. The number of carbonyl (C=O) groups is 1. The highest BCUT2D eigenvalue weighted by atomic mass is 19.1. The molecule has 6 nitrogen and oxygen atoms in total. The molecule has 3 rings (SSSR count). The largest absolute Gasteiger partial charge is 0.352 e. The van der Waals surface area contributed by atoms with Crippen LogP contribution >= 0.6 is 0 Å². The second kappa shape index (κ2) is 8.88. The fourth-order valence-electron chi connectivity index (χ4n) is 3.34. The molecular formula is C20H26FN5O. The average molecular weight is 371 g/mol. The summed E-state index contributed by atoms with van der Waals surface area (Å²) >= 11 is 0. The van der Waals surface area contributed by atoms with Crippen LogP contribution in [0.3, 0.4) is 0 Å². The molecule has 0 aliphatic carbocycles. The predicted molar refractivity (Wildman–Crippen MR) is 102 cm³/mol. The van der Waals surface area contributed by atoms with Crippen molar-refractivity contribution in [3.8, 4) is 0 Å². The van der Waals surface area contributed by atoms with Crippen molar-refractivity contribution < 1.29 is 9.18 Å². The SMILES string of the molecule is CCc1nnc(N2CCC(C(=O)NCc3ccc(F)cc3)CC2)nc1CC. The zero-order valence-corrected chi connectivity index (χ0v) is 15.9. The normalized spacial score (nSPS) is 15.0. The minimum atomic E-state index is -0.271. The third-order valence-corrected chi connectivity index (χ3v) is 5.03. The van der Waals surface area contributed by atoms with Gasteiger partial charge in [0.05, 0.1) is 11.4 Å². The molecular weight excluding hydrogens is 345 g/mol. The molecule has 0 unspecified atom stereocenters. The lowest BCUT2D eigenvalue weighted by atomic mass is 9.96. The van der Waals surface area contributed by atoms with E-state index in [1.807, 2.05) is 0 Å². The molecule has 1 saturated heterocycles. The van der Waals surface area contributed by atoms with Gasteiger partial charge < -0.3 is 10.2 Å². The summed E-state index contributed by atoms with van der Waals surface area (Å²) in [6.07, 6.45) is 3.19. The number of aryl methyl sites for hydroxylation is 2. The van der Waals surface area contributed by atoms with Crippen LogP contribution < -0.4 is 10.2 Å². The number of aromatic nitrogens is 3. The molecule has 1 aliphatic rings. The molecule has 2 heterocycles. The lowest BCUT2D eigenvalue weighted by Gasteiger charge is -2.31. The zero-order chi connectivity index (χ0) is 19.2. The first-order valence-corrected chi connectivity index (χ1v) is 9.60. The quantitative estimate of drug-likeness (QED) is 0.845. The first kappa shape index (κ1) is 19.2. The highest BCUT2D eigenvalue weighted by molar-refractivity contribution is 5.78. The Hall–Kier alpha value is -2.57. The lowest BCUT2D eigenvalue weighted by Crippen LogP contribution is -2.41. The van der Waals surface area contributed by atoms with Crippen molar-refractivity contribution in [2.75, 3.05) is 18.0 Å². The van der Waals surface area contributed by atoms with E-state index in [1.165, 1.54) is 12.1 Å². The molecule has 1 N–H and O–H groups in total. The van der Waals surface area contributed by atoms with Crippen LogP contribution in [-0.2, 0) is 24.2 Å². The van der Waals surface area contributed by atoms with E-state index in [9.17, 15) is 9.18 Å².